The predicted molar refractivity (Wildman–Crippen MR) is 75.3 cm³/mol. The Bertz CT molecular complexity index is 599. The van der Waals surface area contributed by atoms with E-state index in [1.165, 1.54) is 0 Å². The van der Waals surface area contributed by atoms with Crippen LogP contribution in [0.2, 0.25) is 0 Å². The molecule has 2 aromatic rings. The first-order valence-electron chi connectivity index (χ1n) is 6.50. The monoisotopic (exact) mass is 276 g/mol. The molecule has 5 nitrogen and oxygen atoms in total. The molecule has 0 aliphatic carbocycles. The Morgan fingerprint density at radius 1 is 1.30 bits per heavy atom. The van der Waals surface area contributed by atoms with Gasteiger partial charge in [-0.05, 0) is 24.5 Å². The van der Waals surface area contributed by atoms with Crippen LogP contribution in [0.5, 0.6) is 5.75 Å². The van der Waals surface area contributed by atoms with E-state index in [0.717, 1.165) is 5.56 Å². The summed E-state index contributed by atoms with van der Waals surface area (Å²) < 4.78 is 10.8. The van der Waals surface area contributed by atoms with Crippen LogP contribution in [0, 0.1) is 12.3 Å². The molecule has 0 bridgehead atoms. The van der Waals surface area contributed by atoms with Gasteiger partial charge in [0.1, 0.15) is 11.9 Å². The smallest absolute Gasteiger partial charge is 0.258 e. The zero-order valence-electron chi connectivity index (χ0n) is 12.5. The highest BCUT2D eigenvalue weighted by atomic mass is 16.5. The second-order valence-electron chi connectivity index (χ2n) is 5.89. The van der Waals surface area contributed by atoms with Crippen molar-refractivity contribution in [2.24, 2.45) is 5.41 Å². The minimum atomic E-state index is -0.252. The number of aromatic nitrogens is 2. The predicted octanol–water partition coefficient (Wildman–Crippen LogP) is 3.48. The molecule has 0 saturated heterocycles. The highest BCUT2D eigenvalue weighted by Gasteiger charge is 2.30. The molecular weight excluding hydrogens is 256 g/mol. The summed E-state index contributed by atoms with van der Waals surface area (Å²) in [4.78, 5) is 4.41. The second-order valence-corrected chi connectivity index (χ2v) is 5.89. The van der Waals surface area contributed by atoms with Gasteiger partial charge in [0.25, 0.3) is 5.89 Å². The van der Waals surface area contributed by atoms with E-state index in [9.17, 15) is 5.11 Å². The normalized spacial score (nSPS) is 13.4. The number of hydrogen-bond acceptors (Lipinski definition) is 5. The molecule has 0 fully saturated rings. The number of methoxy groups -OCH3 is 1. The fourth-order valence-electron chi connectivity index (χ4n) is 2.15. The van der Waals surface area contributed by atoms with Crippen LogP contribution >= 0.6 is 0 Å². The average molecular weight is 276 g/mol. The molecule has 5 heteroatoms. The molecule has 0 saturated carbocycles. The molecular formula is C15H20N2O3. The van der Waals surface area contributed by atoms with Crippen molar-refractivity contribution in [2.75, 3.05) is 7.11 Å². The minimum Gasteiger partial charge on any atom is -0.508 e. The fourth-order valence-corrected chi connectivity index (χ4v) is 2.15. The summed E-state index contributed by atoms with van der Waals surface area (Å²) in [5.41, 5.74) is 1.31. The third-order valence-corrected chi connectivity index (χ3v) is 3.23. The van der Waals surface area contributed by atoms with Gasteiger partial charge in [0.05, 0.1) is 0 Å². The lowest BCUT2D eigenvalue weighted by atomic mass is 9.88. The summed E-state index contributed by atoms with van der Waals surface area (Å²) in [7, 11) is 1.63. The zero-order chi connectivity index (χ0) is 14.9. The van der Waals surface area contributed by atoms with Crippen molar-refractivity contribution in [3.05, 3.63) is 29.6 Å². The van der Waals surface area contributed by atoms with E-state index in [2.05, 4.69) is 30.9 Å². The Labute approximate surface area is 118 Å². The Hall–Kier alpha value is -1.88. The van der Waals surface area contributed by atoms with Crippen molar-refractivity contribution >= 4 is 0 Å². The number of aromatic hydroxyl groups is 1. The minimum absolute atomic E-state index is 0.135. The second kappa shape index (κ2) is 5.25. The molecule has 1 N–H and O–H groups in total. The highest BCUT2D eigenvalue weighted by molar-refractivity contribution is 5.61. The van der Waals surface area contributed by atoms with Gasteiger partial charge < -0.3 is 14.4 Å². The van der Waals surface area contributed by atoms with Crippen LogP contribution in [0.3, 0.4) is 0 Å². The maximum absolute atomic E-state index is 9.74. The van der Waals surface area contributed by atoms with Crippen LogP contribution in [0.15, 0.2) is 22.7 Å². The van der Waals surface area contributed by atoms with Gasteiger partial charge in [-0.3, -0.25) is 0 Å². The summed E-state index contributed by atoms with van der Waals surface area (Å²) in [6.45, 7) is 7.97. The Kier molecular flexibility index (Phi) is 3.81. The number of phenols is 1. The molecule has 0 amide bonds. The summed E-state index contributed by atoms with van der Waals surface area (Å²) in [6.07, 6.45) is -0.252. The molecule has 1 aromatic heterocycles. The van der Waals surface area contributed by atoms with Crippen molar-refractivity contribution < 1.29 is 14.4 Å². The third kappa shape index (κ3) is 2.67. The van der Waals surface area contributed by atoms with E-state index < -0.39 is 0 Å². The topological polar surface area (TPSA) is 68.4 Å². The average Bonchev–Trinajstić information content (AvgIpc) is 2.81. The Morgan fingerprint density at radius 3 is 2.60 bits per heavy atom. The molecule has 20 heavy (non-hydrogen) atoms. The zero-order valence-corrected chi connectivity index (χ0v) is 12.5. The number of rotatable bonds is 3. The standard InChI is InChI=1S/C15H20N2O3/c1-9-10(7-6-8-11(9)18)14-16-13(17-20-14)12(19-5)15(2,3)4/h6-8,12,18H,1-5H3. The highest BCUT2D eigenvalue weighted by Crippen LogP contribution is 2.35. The van der Waals surface area contributed by atoms with E-state index >= 15 is 0 Å². The van der Waals surface area contributed by atoms with Crippen LogP contribution in [0.25, 0.3) is 11.5 Å². The van der Waals surface area contributed by atoms with Gasteiger partial charge in [0, 0.05) is 18.2 Å². The van der Waals surface area contributed by atoms with Crippen LogP contribution in [0.4, 0.5) is 0 Å². The van der Waals surface area contributed by atoms with Crippen molar-refractivity contribution in [3.8, 4) is 17.2 Å². The van der Waals surface area contributed by atoms with Crippen LogP contribution < -0.4 is 0 Å². The Morgan fingerprint density at radius 2 is 2.00 bits per heavy atom. The van der Waals surface area contributed by atoms with Gasteiger partial charge in [-0.15, -0.1) is 0 Å². The summed E-state index contributed by atoms with van der Waals surface area (Å²) in [5.74, 6) is 1.11. The van der Waals surface area contributed by atoms with Crippen LogP contribution in [-0.2, 0) is 4.74 Å². The molecule has 0 aliphatic rings. The lowest BCUT2D eigenvalue weighted by molar-refractivity contribution is 0.00718. The van der Waals surface area contributed by atoms with Crippen LogP contribution in [-0.4, -0.2) is 22.4 Å². The SMILES string of the molecule is COC(c1noc(-c2cccc(O)c2C)n1)C(C)(C)C. The van der Waals surface area contributed by atoms with Crippen molar-refractivity contribution in [1.82, 2.24) is 10.1 Å². The number of nitrogens with zero attached hydrogens (tertiary/aromatic N) is 2. The molecule has 1 atom stereocenters. The largest absolute Gasteiger partial charge is 0.508 e. The first-order valence-corrected chi connectivity index (χ1v) is 6.50. The lowest BCUT2D eigenvalue weighted by Crippen LogP contribution is -2.21. The maximum atomic E-state index is 9.74. The van der Waals surface area contributed by atoms with Gasteiger partial charge in [0.2, 0.25) is 5.82 Å². The quantitative estimate of drug-likeness (QED) is 0.929. The van der Waals surface area contributed by atoms with Gasteiger partial charge in [-0.2, -0.15) is 4.98 Å². The van der Waals surface area contributed by atoms with E-state index in [4.69, 9.17) is 9.26 Å². The molecule has 0 aliphatic heterocycles. The van der Waals surface area contributed by atoms with E-state index in [1.54, 1.807) is 19.2 Å². The summed E-state index contributed by atoms with van der Waals surface area (Å²) in [6, 6.07) is 5.22. The van der Waals surface area contributed by atoms with Gasteiger partial charge in [-0.25, -0.2) is 0 Å². The molecule has 108 valence electrons. The number of phenolic OH excluding ortho intramolecular Hbond substituents is 1. The first-order chi connectivity index (χ1) is 9.34. The van der Waals surface area contributed by atoms with Gasteiger partial charge in [-0.1, -0.05) is 32.0 Å². The summed E-state index contributed by atoms with van der Waals surface area (Å²) in [5, 5.41) is 13.7. The van der Waals surface area contributed by atoms with Crippen molar-refractivity contribution in [3.63, 3.8) is 0 Å². The van der Waals surface area contributed by atoms with Crippen molar-refractivity contribution in [2.45, 2.75) is 33.8 Å². The van der Waals surface area contributed by atoms with E-state index in [-0.39, 0.29) is 17.3 Å². The van der Waals surface area contributed by atoms with Crippen LogP contribution in [0.1, 0.15) is 38.3 Å². The van der Waals surface area contributed by atoms with E-state index in [0.29, 0.717) is 17.3 Å². The molecule has 1 heterocycles. The molecule has 2 rings (SSSR count). The third-order valence-electron chi connectivity index (χ3n) is 3.23. The Balaban J connectivity index is 2.41. The number of benzene rings is 1. The lowest BCUT2D eigenvalue weighted by Gasteiger charge is -2.26. The molecule has 0 spiro atoms. The fraction of sp³-hybridized carbons (Fsp3) is 0.467. The van der Waals surface area contributed by atoms with Crippen molar-refractivity contribution in [1.29, 1.82) is 0 Å². The van der Waals surface area contributed by atoms with Gasteiger partial charge >= 0.3 is 0 Å². The maximum Gasteiger partial charge on any atom is 0.258 e. The van der Waals surface area contributed by atoms with Gasteiger partial charge in [0.15, 0.2) is 0 Å². The molecule has 1 unspecified atom stereocenters. The number of hydrogen-bond donors (Lipinski definition) is 1. The number of ether oxygens (including phenoxy) is 1. The summed E-state index contributed by atoms with van der Waals surface area (Å²) >= 11 is 0. The first kappa shape index (κ1) is 14.5. The molecule has 0 radical (unpaired) electrons. The molecule has 1 aromatic carbocycles. The van der Waals surface area contributed by atoms with E-state index in [1.807, 2.05) is 13.0 Å².